The van der Waals surface area contributed by atoms with Crippen LogP contribution in [0.1, 0.15) is 48.5 Å². The number of esters is 1. The molecule has 1 unspecified atom stereocenters. The molecule has 23 heavy (non-hydrogen) atoms. The fourth-order valence-corrected chi connectivity index (χ4v) is 3.33. The van der Waals surface area contributed by atoms with E-state index in [1.807, 2.05) is 0 Å². The first-order valence-electron chi connectivity index (χ1n) is 7.21. The quantitative estimate of drug-likeness (QED) is 0.840. The zero-order chi connectivity index (χ0) is 17.3. The number of ether oxygens (including phenoxy) is 1. The SMILES string of the molecule is CCC(C(=O)O)n1cnc2sc(C(=O)OC(C)C)c(C)c2c1=O. The van der Waals surface area contributed by atoms with Crippen molar-refractivity contribution in [1.82, 2.24) is 9.55 Å². The standard InChI is InChI=1S/C15H18N2O5S/c1-5-9(14(19)20)17-6-16-12-10(13(17)18)8(4)11(23-12)15(21)22-7(2)3/h6-7,9H,5H2,1-4H3,(H,19,20). The second-order valence-corrected chi connectivity index (χ2v) is 6.41. The number of carboxylic acids is 1. The summed E-state index contributed by atoms with van der Waals surface area (Å²) in [6.07, 6.45) is 1.21. The molecule has 0 spiro atoms. The Bertz CT molecular complexity index is 821. The average molecular weight is 338 g/mol. The largest absolute Gasteiger partial charge is 0.480 e. The van der Waals surface area contributed by atoms with Crippen LogP contribution < -0.4 is 5.56 Å². The van der Waals surface area contributed by atoms with Gasteiger partial charge in [-0.3, -0.25) is 9.36 Å². The first-order valence-corrected chi connectivity index (χ1v) is 8.03. The summed E-state index contributed by atoms with van der Waals surface area (Å²) >= 11 is 1.08. The Balaban J connectivity index is 2.62. The Labute approximate surface area is 136 Å². The molecule has 1 N–H and O–H groups in total. The van der Waals surface area contributed by atoms with Crippen molar-refractivity contribution in [2.24, 2.45) is 0 Å². The molecule has 0 aliphatic heterocycles. The van der Waals surface area contributed by atoms with E-state index >= 15 is 0 Å². The van der Waals surface area contributed by atoms with Gasteiger partial charge < -0.3 is 9.84 Å². The van der Waals surface area contributed by atoms with Gasteiger partial charge in [0.25, 0.3) is 5.56 Å². The summed E-state index contributed by atoms with van der Waals surface area (Å²) in [6, 6.07) is -0.982. The van der Waals surface area contributed by atoms with Crippen LogP contribution in [0.15, 0.2) is 11.1 Å². The number of nitrogens with zero attached hydrogens (tertiary/aromatic N) is 2. The molecule has 0 bridgehead atoms. The van der Waals surface area contributed by atoms with Gasteiger partial charge in [0, 0.05) is 0 Å². The highest BCUT2D eigenvalue weighted by Gasteiger charge is 2.24. The van der Waals surface area contributed by atoms with Crippen molar-refractivity contribution in [3.05, 3.63) is 27.1 Å². The van der Waals surface area contributed by atoms with Gasteiger partial charge in [-0.2, -0.15) is 0 Å². The molecule has 2 aromatic heterocycles. The molecule has 0 aliphatic rings. The first-order chi connectivity index (χ1) is 10.8. The highest BCUT2D eigenvalue weighted by molar-refractivity contribution is 7.20. The number of hydrogen-bond donors (Lipinski definition) is 1. The van der Waals surface area contributed by atoms with Gasteiger partial charge in [-0.15, -0.1) is 11.3 Å². The minimum absolute atomic E-state index is 0.258. The fraction of sp³-hybridized carbons (Fsp3) is 0.467. The van der Waals surface area contributed by atoms with Crippen molar-refractivity contribution >= 4 is 33.5 Å². The lowest BCUT2D eigenvalue weighted by Gasteiger charge is -2.12. The smallest absolute Gasteiger partial charge is 0.348 e. The van der Waals surface area contributed by atoms with Crippen LogP contribution >= 0.6 is 11.3 Å². The lowest BCUT2D eigenvalue weighted by molar-refractivity contribution is -0.141. The predicted molar refractivity (Wildman–Crippen MR) is 86.1 cm³/mol. The molecule has 0 amide bonds. The van der Waals surface area contributed by atoms with Crippen LogP contribution in [0.25, 0.3) is 10.2 Å². The molecule has 0 fully saturated rings. The molecule has 2 rings (SSSR count). The van der Waals surface area contributed by atoms with E-state index in [4.69, 9.17) is 4.74 Å². The summed E-state index contributed by atoms with van der Waals surface area (Å²) < 4.78 is 6.26. The van der Waals surface area contributed by atoms with E-state index in [1.54, 1.807) is 27.7 Å². The van der Waals surface area contributed by atoms with Crippen LogP contribution in [0.3, 0.4) is 0 Å². The molecule has 124 valence electrons. The monoisotopic (exact) mass is 338 g/mol. The maximum absolute atomic E-state index is 12.6. The number of aliphatic carboxylic acids is 1. The van der Waals surface area contributed by atoms with E-state index in [0.717, 1.165) is 15.9 Å². The molecular weight excluding hydrogens is 320 g/mol. The molecule has 0 aromatic carbocycles. The van der Waals surface area contributed by atoms with Crippen LogP contribution in [-0.2, 0) is 9.53 Å². The second kappa shape index (κ2) is 6.49. The molecule has 8 heteroatoms. The molecule has 0 saturated carbocycles. The topological polar surface area (TPSA) is 98.5 Å². The summed E-state index contributed by atoms with van der Waals surface area (Å²) in [5.41, 5.74) is 0.0179. The summed E-state index contributed by atoms with van der Waals surface area (Å²) in [6.45, 7) is 6.81. The lowest BCUT2D eigenvalue weighted by atomic mass is 10.2. The number of rotatable bonds is 5. The molecule has 1 atom stereocenters. The zero-order valence-corrected chi connectivity index (χ0v) is 14.1. The Kier molecular flexibility index (Phi) is 4.84. The number of aryl methyl sites for hydroxylation is 1. The van der Waals surface area contributed by atoms with E-state index in [1.165, 1.54) is 6.33 Å². The van der Waals surface area contributed by atoms with E-state index in [-0.39, 0.29) is 17.9 Å². The third kappa shape index (κ3) is 3.12. The minimum Gasteiger partial charge on any atom is -0.480 e. The highest BCUT2D eigenvalue weighted by Crippen LogP contribution is 2.28. The molecular formula is C15H18N2O5S. The number of carbonyl (C=O) groups excluding carboxylic acids is 1. The summed E-state index contributed by atoms with van der Waals surface area (Å²) in [7, 11) is 0. The van der Waals surface area contributed by atoms with Gasteiger partial charge in [-0.1, -0.05) is 6.92 Å². The van der Waals surface area contributed by atoms with Crippen molar-refractivity contribution in [3.8, 4) is 0 Å². The van der Waals surface area contributed by atoms with E-state index in [9.17, 15) is 19.5 Å². The predicted octanol–water partition coefficient (Wildman–Crippen LogP) is 2.37. The van der Waals surface area contributed by atoms with Crippen LogP contribution in [0.2, 0.25) is 0 Å². The maximum atomic E-state index is 12.6. The van der Waals surface area contributed by atoms with Gasteiger partial charge >= 0.3 is 11.9 Å². The molecule has 2 aromatic rings. The highest BCUT2D eigenvalue weighted by atomic mass is 32.1. The molecule has 2 heterocycles. The average Bonchev–Trinajstić information content (AvgIpc) is 2.79. The Morgan fingerprint density at radius 2 is 2.09 bits per heavy atom. The van der Waals surface area contributed by atoms with Crippen molar-refractivity contribution in [2.45, 2.75) is 46.3 Å². The van der Waals surface area contributed by atoms with Gasteiger partial charge in [0.2, 0.25) is 0 Å². The maximum Gasteiger partial charge on any atom is 0.348 e. The van der Waals surface area contributed by atoms with Crippen molar-refractivity contribution in [3.63, 3.8) is 0 Å². The third-order valence-corrected chi connectivity index (χ3v) is 4.59. The van der Waals surface area contributed by atoms with Crippen molar-refractivity contribution in [1.29, 1.82) is 0 Å². The van der Waals surface area contributed by atoms with E-state index < -0.39 is 23.5 Å². The van der Waals surface area contributed by atoms with Gasteiger partial charge in [-0.25, -0.2) is 14.6 Å². The van der Waals surface area contributed by atoms with Gasteiger partial charge in [-0.05, 0) is 32.8 Å². The second-order valence-electron chi connectivity index (χ2n) is 5.41. The number of fused-ring (bicyclic) bond motifs is 1. The minimum atomic E-state index is -1.09. The Morgan fingerprint density at radius 3 is 2.61 bits per heavy atom. The number of carboxylic acid groups (broad SMARTS) is 1. The Morgan fingerprint density at radius 1 is 1.43 bits per heavy atom. The summed E-state index contributed by atoms with van der Waals surface area (Å²) in [4.78, 5) is 40.9. The summed E-state index contributed by atoms with van der Waals surface area (Å²) in [5, 5.41) is 9.50. The van der Waals surface area contributed by atoms with Crippen molar-refractivity contribution < 1.29 is 19.4 Å². The molecule has 7 nitrogen and oxygen atoms in total. The zero-order valence-electron chi connectivity index (χ0n) is 13.3. The van der Waals surface area contributed by atoms with E-state index in [2.05, 4.69) is 4.98 Å². The van der Waals surface area contributed by atoms with Gasteiger partial charge in [0.05, 0.1) is 17.8 Å². The molecule has 0 radical (unpaired) electrons. The lowest BCUT2D eigenvalue weighted by Crippen LogP contribution is -2.29. The van der Waals surface area contributed by atoms with Crippen LogP contribution in [0.5, 0.6) is 0 Å². The third-order valence-electron chi connectivity index (χ3n) is 3.41. The van der Waals surface area contributed by atoms with Crippen LogP contribution in [0.4, 0.5) is 0 Å². The number of thiophene rings is 1. The van der Waals surface area contributed by atoms with E-state index in [0.29, 0.717) is 15.3 Å². The number of carbonyl (C=O) groups is 2. The Hall–Kier alpha value is -2.22. The van der Waals surface area contributed by atoms with Crippen LogP contribution in [-0.4, -0.2) is 32.7 Å². The van der Waals surface area contributed by atoms with Gasteiger partial charge in [0.1, 0.15) is 15.7 Å². The fourth-order valence-electron chi connectivity index (χ4n) is 2.31. The first kappa shape index (κ1) is 17.1. The molecule has 0 aliphatic carbocycles. The van der Waals surface area contributed by atoms with Gasteiger partial charge in [0.15, 0.2) is 0 Å². The van der Waals surface area contributed by atoms with Crippen molar-refractivity contribution in [2.75, 3.05) is 0 Å². The number of aromatic nitrogens is 2. The molecule has 0 saturated heterocycles. The van der Waals surface area contributed by atoms with Crippen LogP contribution in [0, 0.1) is 6.92 Å². The normalized spacial score (nSPS) is 12.6. The summed E-state index contributed by atoms with van der Waals surface area (Å²) in [5.74, 6) is -1.60. The number of hydrogen-bond acceptors (Lipinski definition) is 6.